The van der Waals surface area contributed by atoms with Crippen LogP contribution in [0.2, 0.25) is 0 Å². The van der Waals surface area contributed by atoms with E-state index in [0.717, 1.165) is 37.8 Å². The highest BCUT2D eigenvalue weighted by atomic mass is 16.5. The highest BCUT2D eigenvalue weighted by Gasteiger charge is 2.21. The molecule has 1 aromatic rings. The van der Waals surface area contributed by atoms with Crippen LogP contribution in [0, 0.1) is 0 Å². The Morgan fingerprint density at radius 1 is 1.43 bits per heavy atom. The van der Waals surface area contributed by atoms with Crippen LogP contribution in [-0.4, -0.2) is 30.0 Å². The van der Waals surface area contributed by atoms with Crippen molar-refractivity contribution in [1.29, 1.82) is 0 Å². The molecule has 0 aromatic heterocycles. The minimum absolute atomic E-state index is 0.0824. The molecular weight excluding hydrogens is 288 g/mol. The molecule has 0 bridgehead atoms. The summed E-state index contributed by atoms with van der Waals surface area (Å²) < 4.78 is 5.64. The van der Waals surface area contributed by atoms with Gasteiger partial charge in [0.15, 0.2) is 0 Å². The molecule has 23 heavy (non-hydrogen) atoms. The Hall–Kier alpha value is -1.97. The van der Waals surface area contributed by atoms with Crippen LogP contribution in [0.25, 0.3) is 6.08 Å². The van der Waals surface area contributed by atoms with Crippen LogP contribution in [0.3, 0.4) is 0 Å². The zero-order valence-electron chi connectivity index (χ0n) is 14.3. The lowest BCUT2D eigenvalue weighted by atomic mass is 10.0. The van der Waals surface area contributed by atoms with Crippen molar-refractivity contribution < 1.29 is 9.53 Å². The van der Waals surface area contributed by atoms with E-state index < -0.39 is 0 Å². The summed E-state index contributed by atoms with van der Waals surface area (Å²) in [5.74, 6) is 0.797. The van der Waals surface area contributed by atoms with Crippen molar-refractivity contribution in [2.24, 2.45) is 0 Å². The van der Waals surface area contributed by atoms with Gasteiger partial charge >= 0.3 is 0 Å². The highest BCUT2D eigenvalue weighted by molar-refractivity contribution is 5.92. The van der Waals surface area contributed by atoms with Crippen molar-refractivity contribution in [3.05, 3.63) is 29.8 Å². The van der Waals surface area contributed by atoms with Crippen molar-refractivity contribution >= 4 is 17.7 Å². The first-order valence-electron chi connectivity index (χ1n) is 8.63. The smallest absolute Gasteiger partial charge is 0.246 e. The maximum absolute atomic E-state index is 12.3. The van der Waals surface area contributed by atoms with Crippen LogP contribution in [0.1, 0.15) is 51.5 Å². The fourth-order valence-corrected chi connectivity index (χ4v) is 2.82. The van der Waals surface area contributed by atoms with Gasteiger partial charge in [-0.2, -0.15) is 0 Å². The van der Waals surface area contributed by atoms with Crippen molar-refractivity contribution in [2.45, 2.75) is 52.0 Å². The Labute approximate surface area is 139 Å². The number of hydrogen-bond donors (Lipinski definition) is 1. The number of rotatable bonds is 6. The van der Waals surface area contributed by atoms with Crippen molar-refractivity contribution in [3.63, 3.8) is 0 Å². The summed E-state index contributed by atoms with van der Waals surface area (Å²) in [5.41, 5.74) is 7.55. The molecule has 2 N–H and O–H groups in total. The van der Waals surface area contributed by atoms with E-state index in [1.54, 1.807) is 6.08 Å². The molecule has 0 spiro atoms. The van der Waals surface area contributed by atoms with Gasteiger partial charge in [-0.15, -0.1) is 0 Å². The second kappa shape index (κ2) is 8.61. The summed E-state index contributed by atoms with van der Waals surface area (Å²) in [6, 6.07) is 5.99. The van der Waals surface area contributed by atoms with E-state index in [-0.39, 0.29) is 5.91 Å². The number of nitrogen functional groups attached to an aromatic ring is 1. The Morgan fingerprint density at radius 3 is 2.96 bits per heavy atom. The third-order valence-electron chi connectivity index (χ3n) is 4.29. The first kappa shape index (κ1) is 17.4. The molecule has 0 saturated carbocycles. The standard InChI is InChI=1S/C19H28N2O2/c1-3-4-13-23-18-10-8-16(14-17(18)20)9-11-19(22)21-12-6-5-7-15(21)2/h8-11,14-15H,3-7,12-13,20H2,1-2H3/b11-9-. The number of benzene rings is 1. The third kappa shape index (κ3) is 5.02. The molecule has 126 valence electrons. The number of anilines is 1. The van der Waals surface area contributed by atoms with Gasteiger partial charge < -0.3 is 15.4 Å². The summed E-state index contributed by atoms with van der Waals surface area (Å²) in [4.78, 5) is 14.2. The van der Waals surface area contributed by atoms with E-state index in [0.29, 0.717) is 24.1 Å². The summed E-state index contributed by atoms with van der Waals surface area (Å²) in [5, 5.41) is 0. The molecule has 1 fully saturated rings. The second-order valence-corrected chi connectivity index (χ2v) is 6.21. The molecule has 0 radical (unpaired) electrons. The fraction of sp³-hybridized carbons (Fsp3) is 0.526. The number of likely N-dealkylation sites (tertiary alicyclic amines) is 1. The number of hydrogen-bond acceptors (Lipinski definition) is 3. The van der Waals surface area contributed by atoms with Gasteiger partial charge in [-0.1, -0.05) is 19.4 Å². The summed E-state index contributed by atoms with van der Waals surface area (Å²) in [6.45, 7) is 5.78. The predicted octanol–water partition coefficient (Wildman–Crippen LogP) is 3.86. The average Bonchev–Trinajstić information content (AvgIpc) is 2.55. The lowest BCUT2D eigenvalue weighted by Gasteiger charge is -2.32. The lowest BCUT2D eigenvalue weighted by molar-refractivity contribution is -0.129. The van der Waals surface area contributed by atoms with Crippen LogP contribution < -0.4 is 10.5 Å². The molecule has 1 saturated heterocycles. The van der Waals surface area contributed by atoms with Crippen LogP contribution in [0.15, 0.2) is 24.3 Å². The number of piperidine rings is 1. The topological polar surface area (TPSA) is 55.6 Å². The molecule has 1 aliphatic heterocycles. The van der Waals surface area contributed by atoms with Gasteiger partial charge in [0.05, 0.1) is 12.3 Å². The maximum atomic E-state index is 12.3. The molecule has 4 nitrogen and oxygen atoms in total. The molecule has 2 rings (SSSR count). The Kier molecular flexibility index (Phi) is 6.51. The Bertz CT molecular complexity index is 554. The first-order chi connectivity index (χ1) is 11.1. The van der Waals surface area contributed by atoms with Gasteiger partial charge in [0.2, 0.25) is 5.91 Å². The number of ether oxygens (including phenoxy) is 1. The van der Waals surface area contributed by atoms with E-state index in [9.17, 15) is 4.79 Å². The molecule has 1 heterocycles. The van der Waals surface area contributed by atoms with Crippen molar-refractivity contribution in [1.82, 2.24) is 4.90 Å². The number of carbonyl (C=O) groups is 1. The molecule has 1 amide bonds. The van der Waals surface area contributed by atoms with Gasteiger partial charge in [-0.05, 0) is 56.4 Å². The number of carbonyl (C=O) groups excluding carboxylic acids is 1. The Balaban J connectivity index is 1.96. The van der Waals surface area contributed by atoms with E-state index in [1.165, 1.54) is 6.42 Å². The van der Waals surface area contributed by atoms with E-state index in [1.807, 2.05) is 29.2 Å². The molecule has 1 aliphatic rings. The van der Waals surface area contributed by atoms with E-state index in [4.69, 9.17) is 10.5 Å². The molecule has 1 atom stereocenters. The van der Waals surface area contributed by atoms with Crippen LogP contribution in [-0.2, 0) is 4.79 Å². The van der Waals surface area contributed by atoms with Crippen LogP contribution >= 0.6 is 0 Å². The largest absolute Gasteiger partial charge is 0.491 e. The molecule has 1 unspecified atom stereocenters. The van der Waals surface area contributed by atoms with Gasteiger partial charge in [0, 0.05) is 18.7 Å². The Morgan fingerprint density at radius 2 is 2.26 bits per heavy atom. The summed E-state index contributed by atoms with van der Waals surface area (Å²) >= 11 is 0. The lowest BCUT2D eigenvalue weighted by Crippen LogP contribution is -2.41. The second-order valence-electron chi connectivity index (χ2n) is 6.21. The van der Waals surface area contributed by atoms with Gasteiger partial charge in [-0.3, -0.25) is 4.79 Å². The number of unbranched alkanes of at least 4 members (excludes halogenated alkanes) is 1. The minimum Gasteiger partial charge on any atom is -0.491 e. The summed E-state index contributed by atoms with van der Waals surface area (Å²) in [6.07, 6.45) is 8.99. The minimum atomic E-state index is 0.0824. The molecule has 0 aliphatic carbocycles. The highest BCUT2D eigenvalue weighted by Crippen LogP contribution is 2.24. The zero-order chi connectivity index (χ0) is 16.7. The zero-order valence-corrected chi connectivity index (χ0v) is 14.3. The summed E-state index contributed by atoms with van der Waals surface area (Å²) in [7, 11) is 0. The SMILES string of the molecule is CCCCOc1ccc(/C=C\C(=O)N2CCCCC2C)cc1N. The van der Waals surface area contributed by atoms with E-state index >= 15 is 0 Å². The quantitative estimate of drug-likeness (QED) is 0.492. The van der Waals surface area contributed by atoms with Gasteiger partial charge in [0.1, 0.15) is 5.75 Å². The maximum Gasteiger partial charge on any atom is 0.246 e. The van der Waals surface area contributed by atoms with Gasteiger partial charge in [0.25, 0.3) is 0 Å². The monoisotopic (exact) mass is 316 g/mol. The van der Waals surface area contributed by atoms with Crippen molar-refractivity contribution in [3.8, 4) is 5.75 Å². The van der Waals surface area contributed by atoms with Crippen LogP contribution in [0.5, 0.6) is 5.75 Å². The number of nitrogens with two attached hydrogens (primary N) is 1. The fourth-order valence-electron chi connectivity index (χ4n) is 2.82. The van der Waals surface area contributed by atoms with Gasteiger partial charge in [-0.25, -0.2) is 0 Å². The van der Waals surface area contributed by atoms with Crippen molar-refractivity contribution in [2.75, 3.05) is 18.9 Å². The normalized spacial score (nSPS) is 18.3. The molecular formula is C19H28N2O2. The molecule has 1 aromatic carbocycles. The average molecular weight is 316 g/mol. The molecule has 4 heteroatoms. The van der Waals surface area contributed by atoms with Crippen LogP contribution in [0.4, 0.5) is 5.69 Å². The number of nitrogens with zero attached hydrogens (tertiary/aromatic N) is 1. The number of amides is 1. The third-order valence-corrected chi connectivity index (χ3v) is 4.29. The van der Waals surface area contributed by atoms with E-state index in [2.05, 4.69) is 13.8 Å². The first-order valence-corrected chi connectivity index (χ1v) is 8.63. The predicted molar refractivity (Wildman–Crippen MR) is 95.3 cm³/mol.